The van der Waals surface area contributed by atoms with Crippen molar-refractivity contribution in [1.82, 2.24) is 0 Å². The molecule has 0 fully saturated rings. The van der Waals surface area contributed by atoms with Crippen LogP contribution in [0.5, 0.6) is 11.5 Å². The molecule has 1 heterocycles. The van der Waals surface area contributed by atoms with Crippen molar-refractivity contribution in [3.05, 3.63) is 58.8 Å². The Kier molecular flexibility index (Phi) is 4.65. The maximum absolute atomic E-state index is 11.6. The molecule has 0 aliphatic heterocycles. The average molecular weight is 340 g/mol. The topological polar surface area (TPSA) is 68.9 Å². The van der Waals surface area contributed by atoms with E-state index in [-0.39, 0.29) is 18.1 Å². The molecule has 130 valence electrons. The Morgan fingerprint density at radius 2 is 1.92 bits per heavy atom. The smallest absolute Gasteiger partial charge is 0.310 e. The molecule has 5 nitrogen and oxygen atoms in total. The summed E-state index contributed by atoms with van der Waals surface area (Å²) in [6.07, 6.45) is 1.78. The molecule has 0 bridgehead atoms. The summed E-state index contributed by atoms with van der Waals surface area (Å²) in [6, 6.07) is 8.85. The number of esters is 1. The molecule has 0 amide bonds. The quantitative estimate of drug-likeness (QED) is 0.710. The first-order chi connectivity index (χ1) is 12.0. The lowest BCUT2D eigenvalue weighted by Crippen LogP contribution is -2.04. The van der Waals surface area contributed by atoms with Crippen LogP contribution < -0.4 is 4.74 Å². The zero-order valence-electron chi connectivity index (χ0n) is 14.5. The lowest BCUT2D eigenvalue weighted by Gasteiger charge is -2.12. The van der Waals surface area contributed by atoms with Crippen LogP contribution in [0.2, 0.25) is 0 Å². The van der Waals surface area contributed by atoms with Crippen LogP contribution in [-0.4, -0.2) is 18.2 Å². The van der Waals surface area contributed by atoms with E-state index in [1.807, 2.05) is 32.0 Å². The van der Waals surface area contributed by atoms with Gasteiger partial charge in [-0.2, -0.15) is 0 Å². The van der Waals surface area contributed by atoms with E-state index in [0.29, 0.717) is 6.61 Å². The van der Waals surface area contributed by atoms with Crippen molar-refractivity contribution < 1.29 is 23.8 Å². The van der Waals surface area contributed by atoms with E-state index in [2.05, 4.69) is 0 Å². The fraction of sp³-hybridized carbons (Fsp3) is 0.250. The number of fused-ring (bicyclic) bond motifs is 1. The SMILES string of the molecule is COC(=O)Cc1coc2c(C)c(OCc3ccc(O)cc3)cc(C)c12. The molecule has 0 spiro atoms. The van der Waals surface area contributed by atoms with Gasteiger partial charge in [0.15, 0.2) is 0 Å². The molecular formula is C20H20O5. The second-order valence-corrected chi connectivity index (χ2v) is 5.99. The van der Waals surface area contributed by atoms with Crippen molar-refractivity contribution in [2.24, 2.45) is 0 Å². The molecule has 0 aliphatic carbocycles. The van der Waals surface area contributed by atoms with E-state index in [0.717, 1.165) is 39.0 Å². The molecule has 3 aromatic rings. The number of ether oxygens (including phenoxy) is 2. The van der Waals surface area contributed by atoms with Gasteiger partial charge in [-0.05, 0) is 43.2 Å². The predicted molar refractivity (Wildman–Crippen MR) is 93.8 cm³/mol. The number of carbonyl (C=O) groups excluding carboxylic acids is 1. The van der Waals surface area contributed by atoms with Crippen LogP contribution in [0.15, 0.2) is 41.0 Å². The number of phenols is 1. The summed E-state index contributed by atoms with van der Waals surface area (Å²) >= 11 is 0. The molecule has 25 heavy (non-hydrogen) atoms. The summed E-state index contributed by atoms with van der Waals surface area (Å²) in [4.78, 5) is 11.6. The Balaban J connectivity index is 1.88. The Hall–Kier alpha value is -2.95. The number of rotatable bonds is 5. The molecule has 0 saturated carbocycles. The standard InChI is InChI=1S/C20H20O5/c1-12-8-17(24-10-14-4-6-16(21)7-5-14)13(2)20-19(12)15(11-25-20)9-18(22)23-3/h4-8,11,21H,9-10H2,1-3H3. The van der Waals surface area contributed by atoms with Gasteiger partial charge in [0.2, 0.25) is 0 Å². The van der Waals surface area contributed by atoms with Gasteiger partial charge in [0.25, 0.3) is 0 Å². The second kappa shape index (κ2) is 6.89. The first kappa shape index (κ1) is 16.9. The first-order valence-electron chi connectivity index (χ1n) is 7.97. The van der Waals surface area contributed by atoms with E-state index in [4.69, 9.17) is 13.9 Å². The summed E-state index contributed by atoms with van der Waals surface area (Å²) in [7, 11) is 1.37. The third-order valence-corrected chi connectivity index (χ3v) is 4.21. The number of aromatic hydroxyl groups is 1. The molecule has 0 saturated heterocycles. The number of benzene rings is 2. The Morgan fingerprint density at radius 3 is 2.60 bits per heavy atom. The van der Waals surface area contributed by atoms with E-state index >= 15 is 0 Å². The number of hydrogen-bond acceptors (Lipinski definition) is 5. The van der Waals surface area contributed by atoms with Crippen molar-refractivity contribution >= 4 is 16.9 Å². The van der Waals surface area contributed by atoms with Crippen LogP contribution in [0.1, 0.15) is 22.3 Å². The Bertz CT molecular complexity index is 906. The van der Waals surface area contributed by atoms with Gasteiger partial charge >= 0.3 is 5.97 Å². The van der Waals surface area contributed by atoms with Gasteiger partial charge in [0.05, 0.1) is 19.8 Å². The van der Waals surface area contributed by atoms with Crippen LogP contribution >= 0.6 is 0 Å². The van der Waals surface area contributed by atoms with Crippen molar-refractivity contribution in [2.75, 3.05) is 7.11 Å². The predicted octanol–water partition coefficient (Wildman–Crippen LogP) is 4.05. The molecule has 1 aromatic heterocycles. The highest BCUT2D eigenvalue weighted by atomic mass is 16.5. The van der Waals surface area contributed by atoms with Crippen molar-refractivity contribution in [2.45, 2.75) is 26.9 Å². The van der Waals surface area contributed by atoms with Gasteiger partial charge in [-0.3, -0.25) is 4.79 Å². The summed E-state index contributed by atoms with van der Waals surface area (Å²) in [5.41, 5.74) is 4.36. The second-order valence-electron chi connectivity index (χ2n) is 5.99. The fourth-order valence-corrected chi connectivity index (χ4v) is 2.85. The maximum atomic E-state index is 11.6. The van der Waals surface area contributed by atoms with Crippen LogP contribution in [0.3, 0.4) is 0 Å². The summed E-state index contributed by atoms with van der Waals surface area (Å²) < 4.78 is 16.4. The molecule has 5 heteroatoms. The van der Waals surface area contributed by atoms with E-state index in [9.17, 15) is 9.90 Å². The largest absolute Gasteiger partial charge is 0.508 e. The highest BCUT2D eigenvalue weighted by Gasteiger charge is 2.17. The van der Waals surface area contributed by atoms with Crippen LogP contribution in [0.4, 0.5) is 0 Å². The number of hydrogen-bond donors (Lipinski definition) is 1. The number of phenolic OH excluding ortho intramolecular Hbond substituents is 1. The number of carbonyl (C=O) groups is 1. The van der Waals surface area contributed by atoms with Gasteiger partial charge in [-0.1, -0.05) is 12.1 Å². The summed E-state index contributed by atoms with van der Waals surface area (Å²) in [6.45, 7) is 4.28. The van der Waals surface area contributed by atoms with Crippen LogP contribution in [-0.2, 0) is 22.6 Å². The Labute approximate surface area is 145 Å². The molecule has 0 aliphatic rings. The summed E-state index contributed by atoms with van der Waals surface area (Å²) in [5.74, 6) is 0.662. The normalized spacial score (nSPS) is 10.8. The van der Waals surface area contributed by atoms with Crippen LogP contribution in [0.25, 0.3) is 11.0 Å². The molecule has 0 unspecified atom stereocenters. The highest BCUT2D eigenvalue weighted by molar-refractivity contribution is 5.91. The minimum atomic E-state index is -0.299. The van der Waals surface area contributed by atoms with Gasteiger partial charge in [0, 0.05) is 16.5 Å². The third kappa shape index (κ3) is 3.45. The van der Waals surface area contributed by atoms with Crippen molar-refractivity contribution in [3.8, 4) is 11.5 Å². The average Bonchev–Trinajstić information content (AvgIpc) is 3.02. The minimum Gasteiger partial charge on any atom is -0.508 e. The monoisotopic (exact) mass is 340 g/mol. The lowest BCUT2D eigenvalue weighted by molar-refractivity contribution is -0.139. The van der Waals surface area contributed by atoms with E-state index in [1.54, 1.807) is 18.4 Å². The van der Waals surface area contributed by atoms with Gasteiger partial charge in [0.1, 0.15) is 23.7 Å². The number of aryl methyl sites for hydroxylation is 2. The molecule has 3 rings (SSSR count). The highest BCUT2D eigenvalue weighted by Crippen LogP contribution is 2.34. The Morgan fingerprint density at radius 1 is 1.20 bits per heavy atom. The van der Waals surface area contributed by atoms with Gasteiger partial charge < -0.3 is 19.0 Å². The molecular weight excluding hydrogens is 320 g/mol. The van der Waals surface area contributed by atoms with Gasteiger partial charge in [-0.25, -0.2) is 0 Å². The minimum absolute atomic E-state index is 0.178. The number of methoxy groups -OCH3 is 1. The molecule has 1 N–H and O–H groups in total. The third-order valence-electron chi connectivity index (χ3n) is 4.21. The van der Waals surface area contributed by atoms with Crippen molar-refractivity contribution in [1.29, 1.82) is 0 Å². The van der Waals surface area contributed by atoms with Crippen molar-refractivity contribution in [3.63, 3.8) is 0 Å². The lowest BCUT2D eigenvalue weighted by atomic mass is 10.0. The fourth-order valence-electron chi connectivity index (χ4n) is 2.85. The van der Waals surface area contributed by atoms with Gasteiger partial charge in [-0.15, -0.1) is 0 Å². The summed E-state index contributed by atoms with van der Waals surface area (Å²) in [5, 5.41) is 10.3. The first-order valence-corrected chi connectivity index (χ1v) is 7.97. The zero-order chi connectivity index (χ0) is 18.0. The molecule has 2 aromatic carbocycles. The molecule has 0 atom stereocenters. The zero-order valence-corrected chi connectivity index (χ0v) is 14.5. The van der Waals surface area contributed by atoms with Crippen LogP contribution in [0, 0.1) is 13.8 Å². The molecule has 0 radical (unpaired) electrons. The maximum Gasteiger partial charge on any atom is 0.310 e. The number of furan rings is 1. The van der Waals surface area contributed by atoms with E-state index in [1.165, 1.54) is 7.11 Å². The van der Waals surface area contributed by atoms with E-state index < -0.39 is 0 Å².